The van der Waals surface area contributed by atoms with Crippen molar-refractivity contribution in [2.45, 2.75) is 32.1 Å². The van der Waals surface area contributed by atoms with Gasteiger partial charge in [0.1, 0.15) is 0 Å². The highest BCUT2D eigenvalue weighted by molar-refractivity contribution is 6.05. The molecule has 2 N–H and O–H groups in total. The van der Waals surface area contributed by atoms with Crippen molar-refractivity contribution in [3.63, 3.8) is 0 Å². The van der Waals surface area contributed by atoms with Gasteiger partial charge in [-0.15, -0.1) is 0 Å². The van der Waals surface area contributed by atoms with E-state index >= 15 is 0 Å². The summed E-state index contributed by atoms with van der Waals surface area (Å²) in [7, 11) is 0. The number of anilines is 1. The molecule has 1 aliphatic rings. The lowest BCUT2D eigenvalue weighted by Crippen LogP contribution is -2.25. The van der Waals surface area contributed by atoms with Crippen LogP contribution < -0.4 is 10.6 Å². The third-order valence-corrected chi connectivity index (χ3v) is 4.63. The predicted octanol–water partition coefficient (Wildman–Crippen LogP) is 3.83. The maximum absolute atomic E-state index is 12.4. The Morgan fingerprint density at radius 3 is 2.68 bits per heavy atom. The zero-order valence-corrected chi connectivity index (χ0v) is 15.6. The van der Waals surface area contributed by atoms with Crippen molar-refractivity contribution in [1.29, 1.82) is 5.26 Å². The number of aromatic nitrogens is 1. The SMILES string of the molecule is N#Cc1cccc(NC(=O)c2cncc(C(=O)NCCC3=CCCCC3)c2)c1. The third kappa shape index (κ3) is 5.27. The summed E-state index contributed by atoms with van der Waals surface area (Å²) < 4.78 is 0. The van der Waals surface area contributed by atoms with E-state index in [0.29, 0.717) is 23.4 Å². The van der Waals surface area contributed by atoms with Gasteiger partial charge in [-0.05, 0) is 56.4 Å². The van der Waals surface area contributed by atoms with Crippen molar-refractivity contribution in [1.82, 2.24) is 10.3 Å². The van der Waals surface area contributed by atoms with Crippen LogP contribution in [0.15, 0.2) is 54.4 Å². The van der Waals surface area contributed by atoms with Gasteiger partial charge in [-0.3, -0.25) is 14.6 Å². The molecule has 0 fully saturated rings. The van der Waals surface area contributed by atoms with E-state index in [2.05, 4.69) is 21.7 Å². The Kier molecular flexibility index (Phi) is 6.53. The molecule has 6 heteroatoms. The van der Waals surface area contributed by atoms with Crippen LogP contribution in [0.3, 0.4) is 0 Å². The lowest BCUT2D eigenvalue weighted by atomic mass is 9.97. The number of nitriles is 1. The van der Waals surface area contributed by atoms with Crippen LogP contribution in [0.5, 0.6) is 0 Å². The largest absolute Gasteiger partial charge is 0.352 e. The number of allylic oxidation sites excluding steroid dienone is 1. The first-order chi connectivity index (χ1) is 13.7. The lowest BCUT2D eigenvalue weighted by molar-refractivity contribution is 0.0953. The van der Waals surface area contributed by atoms with Gasteiger partial charge < -0.3 is 10.6 Å². The third-order valence-electron chi connectivity index (χ3n) is 4.63. The Balaban J connectivity index is 1.59. The number of hydrogen-bond acceptors (Lipinski definition) is 4. The number of carbonyl (C=O) groups is 2. The van der Waals surface area contributed by atoms with E-state index in [1.54, 1.807) is 24.3 Å². The summed E-state index contributed by atoms with van der Waals surface area (Å²) in [6.07, 6.45) is 10.7. The Hall–Kier alpha value is -3.46. The molecule has 1 aliphatic carbocycles. The second-order valence-corrected chi connectivity index (χ2v) is 6.72. The van der Waals surface area contributed by atoms with Gasteiger partial charge in [-0.1, -0.05) is 17.7 Å². The fourth-order valence-electron chi connectivity index (χ4n) is 3.13. The molecule has 1 heterocycles. The van der Waals surface area contributed by atoms with Crippen LogP contribution in [0.4, 0.5) is 5.69 Å². The Morgan fingerprint density at radius 1 is 1.11 bits per heavy atom. The number of rotatable bonds is 6. The Bertz CT molecular complexity index is 944. The van der Waals surface area contributed by atoms with Crippen LogP contribution in [0.2, 0.25) is 0 Å². The van der Waals surface area contributed by atoms with E-state index in [4.69, 9.17) is 5.26 Å². The Morgan fingerprint density at radius 2 is 1.93 bits per heavy atom. The van der Waals surface area contributed by atoms with Gasteiger partial charge >= 0.3 is 0 Å². The summed E-state index contributed by atoms with van der Waals surface area (Å²) in [5, 5.41) is 14.5. The number of hydrogen-bond donors (Lipinski definition) is 2. The highest BCUT2D eigenvalue weighted by Gasteiger charge is 2.12. The second kappa shape index (κ2) is 9.47. The quantitative estimate of drug-likeness (QED) is 0.751. The highest BCUT2D eigenvalue weighted by atomic mass is 16.2. The average Bonchev–Trinajstić information content (AvgIpc) is 2.74. The molecular formula is C22H22N4O2. The smallest absolute Gasteiger partial charge is 0.257 e. The predicted molar refractivity (Wildman–Crippen MR) is 107 cm³/mol. The van der Waals surface area contributed by atoms with Crippen molar-refractivity contribution in [2.24, 2.45) is 0 Å². The van der Waals surface area contributed by atoms with E-state index in [1.807, 2.05) is 6.07 Å². The van der Waals surface area contributed by atoms with Gasteiger partial charge in [0.05, 0.1) is 22.8 Å². The summed E-state index contributed by atoms with van der Waals surface area (Å²) in [5.41, 5.74) is 3.00. The second-order valence-electron chi connectivity index (χ2n) is 6.72. The van der Waals surface area contributed by atoms with E-state index < -0.39 is 0 Å². The molecule has 6 nitrogen and oxygen atoms in total. The van der Waals surface area contributed by atoms with Crippen LogP contribution in [0.1, 0.15) is 58.4 Å². The van der Waals surface area contributed by atoms with Gasteiger partial charge in [0.2, 0.25) is 0 Å². The molecule has 0 saturated heterocycles. The first-order valence-corrected chi connectivity index (χ1v) is 9.38. The monoisotopic (exact) mass is 374 g/mol. The molecule has 0 aliphatic heterocycles. The van der Waals surface area contributed by atoms with Crippen molar-refractivity contribution in [2.75, 3.05) is 11.9 Å². The number of nitrogens with one attached hydrogen (secondary N) is 2. The molecule has 142 valence electrons. The molecule has 0 radical (unpaired) electrons. The van der Waals surface area contributed by atoms with E-state index in [0.717, 1.165) is 19.3 Å². The van der Waals surface area contributed by atoms with Crippen LogP contribution in [-0.2, 0) is 0 Å². The maximum Gasteiger partial charge on any atom is 0.257 e. The minimum Gasteiger partial charge on any atom is -0.352 e. The standard InChI is InChI=1S/C22H22N4O2/c23-13-17-7-4-8-20(11-17)26-22(28)19-12-18(14-24-15-19)21(27)25-10-9-16-5-2-1-3-6-16/h4-5,7-8,11-12,14-15H,1-3,6,9-10H2,(H,25,27)(H,26,28). The van der Waals surface area contributed by atoms with Crippen molar-refractivity contribution in [3.05, 3.63) is 71.1 Å². The first-order valence-electron chi connectivity index (χ1n) is 9.38. The normalized spacial score (nSPS) is 13.2. The van der Waals surface area contributed by atoms with Crippen LogP contribution in [0.25, 0.3) is 0 Å². The minimum atomic E-state index is -0.385. The van der Waals surface area contributed by atoms with Crippen LogP contribution >= 0.6 is 0 Å². The van der Waals surface area contributed by atoms with Crippen molar-refractivity contribution >= 4 is 17.5 Å². The number of nitrogens with zero attached hydrogens (tertiary/aromatic N) is 2. The minimum absolute atomic E-state index is 0.245. The fourth-order valence-corrected chi connectivity index (χ4v) is 3.13. The molecule has 1 aromatic heterocycles. The molecular weight excluding hydrogens is 352 g/mol. The fraction of sp³-hybridized carbons (Fsp3) is 0.273. The highest BCUT2D eigenvalue weighted by Crippen LogP contribution is 2.19. The molecule has 0 spiro atoms. The molecule has 0 atom stereocenters. The summed E-state index contributed by atoms with van der Waals surface area (Å²) in [6.45, 7) is 0.571. The molecule has 0 unspecified atom stereocenters. The molecule has 3 rings (SSSR count). The van der Waals surface area contributed by atoms with Crippen molar-refractivity contribution < 1.29 is 9.59 Å². The Labute approximate surface area is 164 Å². The number of pyridine rings is 1. The lowest BCUT2D eigenvalue weighted by Gasteiger charge is -2.13. The van der Waals surface area contributed by atoms with Crippen molar-refractivity contribution in [3.8, 4) is 6.07 Å². The molecule has 0 saturated carbocycles. The zero-order chi connectivity index (χ0) is 19.8. The number of carbonyl (C=O) groups excluding carboxylic acids is 2. The zero-order valence-electron chi connectivity index (χ0n) is 15.6. The van der Waals surface area contributed by atoms with Crippen LogP contribution in [0, 0.1) is 11.3 Å². The molecule has 2 amide bonds. The summed E-state index contributed by atoms with van der Waals surface area (Å²) >= 11 is 0. The molecule has 2 aromatic rings. The topological polar surface area (TPSA) is 94.9 Å². The average molecular weight is 374 g/mol. The van der Waals surface area contributed by atoms with E-state index in [-0.39, 0.29) is 17.4 Å². The van der Waals surface area contributed by atoms with Gasteiger partial charge in [0.25, 0.3) is 11.8 Å². The molecule has 1 aromatic carbocycles. The number of amides is 2. The molecule has 0 bridgehead atoms. The molecule has 28 heavy (non-hydrogen) atoms. The first kappa shape index (κ1) is 19.3. The maximum atomic E-state index is 12.4. The van der Waals surface area contributed by atoms with Gasteiger partial charge in [0, 0.05) is 24.6 Å². The number of benzene rings is 1. The summed E-state index contributed by atoms with van der Waals surface area (Å²) in [5.74, 6) is -0.630. The van der Waals surface area contributed by atoms with E-state index in [1.165, 1.54) is 36.9 Å². The van der Waals surface area contributed by atoms with Gasteiger partial charge in [0.15, 0.2) is 0 Å². The van der Waals surface area contributed by atoms with Crippen LogP contribution in [-0.4, -0.2) is 23.3 Å². The summed E-state index contributed by atoms with van der Waals surface area (Å²) in [6, 6.07) is 10.2. The summed E-state index contributed by atoms with van der Waals surface area (Å²) in [4.78, 5) is 28.8. The van der Waals surface area contributed by atoms with E-state index in [9.17, 15) is 9.59 Å². The van der Waals surface area contributed by atoms with Gasteiger partial charge in [-0.2, -0.15) is 5.26 Å². The van der Waals surface area contributed by atoms with Gasteiger partial charge in [-0.25, -0.2) is 0 Å².